The molecule has 2 N–H and O–H groups in total. The van der Waals surface area contributed by atoms with Crippen LogP contribution in [-0.4, -0.2) is 50.1 Å². The summed E-state index contributed by atoms with van der Waals surface area (Å²) in [5.41, 5.74) is 0. The molecule has 0 saturated carbocycles. The van der Waals surface area contributed by atoms with Gasteiger partial charge in [0, 0.05) is 12.5 Å². The van der Waals surface area contributed by atoms with E-state index >= 15 is 0 Å². The maximum Gasteiger partial charge on any atom is 0.223 e. The molecule has 2 aliphatic heterocycles. The summed E-state index contributed by atoms with van der Waals surface area (Å²) >= 11 is 0. The predicted molar refractivity (Wildman–Crippen MR) is 82.7 cm³/mol. The Bertz CT molecular complexity index is 271. The summed E-state index contributed by atoms with van der Waals surface area (Å²) in [4.78, 5) is 14.5. The van der Waals surface area contributed by atoms with Crippen LogP contribution in [0.5, 0.6) is 0 Å². The molecule has 0 unspecified atom stereocenters. The number of unbranched alkanes of at least 4 members (excludes halogenated alkanes) is 2. The van der Waals surface area contributed by atoms with E-state index in [0.717, 1.165) is 38.9 Å². The molecule has 2 rings (SSSR count). The number of amides is 1. The van der Waals surface area contributed by atoms with Gasteiger partial charge in [-0.25, -0.2) is 0 Å². The average molecular weight is 281 g/mol. The van der Waals surface area contributed by atoms with Crippen molar-refractivity contribution in [3.8, 4) is 0 Å². The number of carbonyl (C=O) groups is 1. The Morgan fingerprint density at radius 1 is 1.05 bits per heavy atom. The van der Waals surface area contributed by atoms with Crippen LogP contribution in [-0.2, 0) is 4.79 Å². The van der Waals surface area contributed by atoms with E-state index in [9.17, 15) is 4.79 Å². The lowest BCUT2D eigenvalue weighted by Gasteiger charge is -2.26. The van der Waals surface area contributed by atoms with Crippen LogP contribution in [0.3, 0.4) is 0 Å². The van der Waals surface area contributed by atoms with Gasteiger partial charge in [0.2, 0.25) is 5.91 Å². The molecule has 0 aromatic heterocycles. The Morgan fingerprint density at radius 2 is 1.80 bits per heavy atom. The van der Waals surface area contributed by atoms with Crippen molar-refractivity contribution >= 4 is 5.91 Å². The lowest BCUT2D eigenvalue weighted by molar-refractivity contribution is -0.125. The van der Waals surface area contributed by atoms with Crippen LogP contribution < -0.4 is 10.6 Å². The van der Waals surface area contributed by atoms with Gasteiger partial charge in [-0.2, -0.15) is 0 Å². The highest BCUT2D eigenvalue weighted by molar-refractivity contribution is 5.78. The van der Waals surface area contributed by atoms with Gasteiger partial charge in [0.25, 0.3) is 0 Å². The Labute approximate surface area is 123 Å². The number of carbonyl (C=O) groups excluding carboxylic acids is 1. The van der Waals surface area contributed by atoms with Crippen molar-refractivity contribution in [2.75, 3.05) is 39.3 Å². The summed E-state index contributed by atoms with van der Waals surface area (Å²) in [6, 6.07) is 0. The van der Waals surface area contributed by atoms with Gasteiger partial charge in [-0.15, -0.1) is 0 Å². The van der Waals surface area contributed by atoms with Crippen LogP contribution in [0, 0.1) is 5.92 Å². The molecule has 2 saturated heterocycles. The average Bonchev–Trinajstić information content (AvgIpc) is 2.52. The van der Waals surface area contributed by atoms with Crippen molar-refractivity contribution in [1.29, 1.82) is 0 Å². The second-order valence-electron chi connectivity index (χ2n) is 6.28. The minimum atomic E-state index is 0.254. The van der Waals surface area contributed by atoms with Crippen LogP contribution in [0.2, 0.25) is 0 Å². The first kappa shape index (κ1) is 15.8. The van der Waals surface area contributed by atoms with Crippen molar-refractivity contribution in [3.63, 3.8) is 0 Å². The fourth-order valence-corrected chi connectivity index (χ4v) is 3.26. The first-order valence-corrected chi connectivity index (χ1v) is 8.57. The summed E-state index contributed by atoms with van der Waals surface area (Å²) in [5, 5.41) is 6.41. The highest BCUT2D eigenvalue weighted by Crippen LogP contribution is 2.12. The maximum atomic E-state index is 11.9. The van der Waals surface area contributed by atoms with Crippen molar-refractivity contribution in [1.82, 2.24) is 15.5 Å². The van der Waals surface area contributed by atoms with Gasteiger partial charge < -0.3 is 15.5 Å². The highest BCUT2D eigenvalue weighted by Gasteiger charge is 2.19. The zero-order valence-corrected chi connectivity index (χ0v) is 12.8. The summed E-state index contributed by atoms with van der Waals surface area (Å²) < 4.78 is 0. The molecular formula is C16H31N3O. The summed E-state index contributed by atoms with van der Waals surface area (Å²) in [6.07, 6.45) is 9.83. The van der Waals surface area contributed by atoms with E-state index in [1.165, 1.54) is 51.7 Å². The van der Waals surface area contributed by atoms with E-state index in [1.807, 2.05) is 0 Å². The monoisotopic (exact) mass is 281 g/mol. The number of hydrogen-bond acceptors (Lipinski definition) is 3. The third kappa shape index (κ3) is 5.80. The molecule has 1 amide bonds. The fourth-order valence-electron chi connectivity index (χ4n) is 3.26. The van der Waals surface area contributed by atoms with E-state index < -0.39 is 0 Å². The summed E-state index contributed by atoms with van der Waals surface area (Å²) in [7, 11) is 0. The van der Waals surface area contributed by atoms with Gasteiger partial charge in [-0.3, -0.25) is 4.79 Å². The second kappa shape index (κ2) is 9.35. The first-order valence-electron chi connectivity index (χ1n) is 8.57. The molecule has 4 heteroatoms. The molecule has 0 radical (unpaired) electrons. The third-order valence-corrected chi connectivity index (χ3v) is 4.61. The lowest BCUT2D eigenvalue weighted by atomic mass is 9.97. The standard InChI is InChI=1S/C16H31N3O/c20-16(15-7-10-17-11-8-15)18-9-3-1-4-12-19-13-5-2-6-14-19/h15,17H,1-14H2,(H,18,20). The summed E-state index contributed by atoms with van der Waals surface area (Å²) in [5.74, 6) is 0.534. The number of hydrogen-bond donors (Lipinski definition) is 2. The van der Waals surface area contributed by atoms with Gasteiger partial charge in [-0.1, -0.05) is 12.8 Å². The van der Waals surface area contributed by atoms with Crippen LogP contribution in [0.4, 0.5) is 0 Å². The van der Waals surface area contributed by atoms with E-state index in [0.29, 0.717) is 0 Å². The molecule has 0 aliphatic carbocycles. The quantitative estimate of drug-likeness (QED) is 0.699. The number of nitrogens with one attached hydrogen (secondary N) is 2. The van der Waals surface area contributed by atoms with Crippen LogP contribution >= 0.6 is 0 Å². The van der Waals surface area contributed by atoms with Crippen LogP contribution in [0.15, 0.2) is 0 Å². The van der Waals surface area contributed by atoms with Gasteiger partial charge in [0.1, 0.15) is 0 Å². The number of rotatable bonds is 7. The Hall–Kier alpha value is -0.610. The van der Waals surface area contributed by atoms with E-state index in [-0.39, 0.29) is 11.8 Å². The first-order chi connectivity index (χ1) is 9.86. The SMILES string of the molecule is O=C(NCCCCCN1CCCCC1)C1CCNCC1. The normalized spacial score (nSPS) is 21.8. The predicted octanol–water partition coefficient (Wildman–Crippen LogP) is 1.76. The zero-order valence-electron chi connectivity index (χ0n) is 12.8. The highest BCUT2D eigenvalue weighted by atomic mass is 16.1. The molecule has 2 aliphatic rings. The lowest BCUT2D eigenvalue weighted by Crippen LogP contribution is -2.38. The van der Waals surface area contributed by atoms with E-state index in [2.05, 4.69) is 15.5 Å². The van der Waals surface area contributed by atoms with Crippen molar-refractivity contribution in [2.45, 2.75) is 51.4 Å². The number of nitrogens with zero attached hydrogens (tertiary/aromatic N) is 1. The Morgan fingerprint density at radius 3 is 2.55 bits per heavy atom. The molecule has 2 fully saturated rings. The minimum Gasteiger partial charge on any atom is -0.356 e. The van der Waals surface area contributed by atoms with Gasteiger partial charge in [0.15, 0.2) is 0 Å². The number of likely N-dealkylation sites (tertiary alicyclic amines) is 1. The largest absolute Gasteiger partial charge is 0.356 e. The summed E-state index contributed by atoms with van der Waals surface area (Å²) in [6.45, 7) is 6.70. The van der Waals surface area contributed by atoms with Crippen molar-refractivity contribution < 1.29 is 4.79 Å². The second-order valence-corrected chi connectivity index (χ2v) is 6.28. The molecule has 0 atom stereocenters. The van der Waals surface area contributed by atoms with Gasteiger partial charge in [-0.05, 0) is 71.2 Å². The van der Waals surface area contributed by atoms with Crippen LogP contribution in [0.1, 0.15) is 51.4 Å². The fraction of sp³-hybridized carbons (Fsp3) is 0.938. The molecule has 2 heterocycles. The molecule has 0 bridgehead atoms. The zero-order chi connectivity index (χ0) is 14.0. The molecule has 0 spiro atoms. The van der Waals surface area contributed by atoms with E-state index in [4.69, 9.17) is 0 Å². The number of piperidine rings is 2. The molecule has 0 aromatic rings. The molecular weight excluding hydrogens is 250 g/mol. The van der Waals surface area contributed by atoms with Gasteiger partial charge >= 0.3 is 0 Å². The Kier molecular flexibility index (Phi) is 7.37. The Balaban J connectivity index is 1.43. The minimum absolute atomic E-state index is 0.254. The maximum absolute atomic E-state index is 11.9. The smallest absolute Gasteiger partial charge is 0.223 e. The van der Waals surface area contributed by atoms with Crippen molar-refractivity contribution in [2.24, 2.45) is 5.92 Å². The van der Waals surface area contributed by atoms with Gasteiger partial charge in [0.05, 0.1) is 0 Å². The molecule has 116 valence electrons. The van der Waals surface area contributed by atoms with Crippen molar-refractivity contribution in [3.05, 3.63) is 0 Å². The van der Waals surface area contributed by atoms with E-state index in [1.54, 1.807) is 0 Å². The van der Waals surface area contributed by atoms with Crippen LogP contribution in [0.25, 0.3) is 0 Å². The third-order valence-electron chi connectivity index (χ3n) is 4.61. The molecule has 0 aromatic carbocycles. The molecule has 20 heavy (non-hydrogen) atoms. The molecule has 4 nitrogen and oxygen atoms in total. The topological polar surface area (TPSA) is 44.4 Å².